The van der Waals surface area contributed by atoms with Crippen molar-refractivity contribution in [1.82, 2.24) is 0 Å². The van der Waals surface area contributed by atoms with E-state index in [9.17, 15) is 29.8 Å². The van der Waals surface area contributed by atoms with Gasteiger partial charge in [-0.05, 0) is 18.2 Å². The first-order chi connectivity index (χ1) is 10.2. The molecule has 23 heavy (non-hydrogen) atoms. The largest absolute Gasteiger partial charge is 0.397 e. The fourth-order valence-electron chi connectivity index (χ4n) is 2.06. The molecule has 0 heterocycles. The molecule has 0 saturated carbocycles. The normalized spacial score (nSPS) is 13.3. The summed E-state index contributed by atoms with van der Waals surface area (Å²) < 4.78 is 95.3. The molecular weight excluding hydrogens is 374 g/mol. The topological polar surface area (TPSA) is 189 Å². The van der Waals surface area contributed by atoms with Crippen molar-refractivity contribution in [3.63, 3.8) is 0 Å². The van der Waals surface area contributed by atoms with Crippen molar-refractivity contribution in [3.8, 4) is 0 Å². The van der Waals surface area contributed by atoms with E-state index in [1.165, 1.54) is 0 Å². The zero-order chi connectivity index (χ0) is 17.8. The van der Waals surface area contributed by atoms with Crippen molar-refractivity contribution in [2.75, 3.05) is 5.73 Å². The highest BCUT2D eigenvalue weighted by Crippen LogP contribution is 2.36. The molecule has 0 atom stereocenters. The molecule has 13 heteroatoms. The van der Waals surface area contributed by atoms with Gasteiger partial charge in [0.25, 0.3) is 30.4 Å². The number of hydrogen-bond donors (Lipinski definition) is 4. The van der Waals surface area contributed by atoms with Crippen LogP contribution in [-0.4, -0.2) is 38.9 Å². The van der Waals surface area contributed by atoms with Gasteiger partial charge in [-0.15, -0.1) is 0 Å². The molecule has 2 aromatic rings. The average Bonchev–Trinajstić information content (AvgIpc) is 2.33. The Balaban J connectivity index is 3.20. The summed E-state index contributed by atoms with van der Waals surface area (Å²) in [5, 5.41) is -1.12. The highest BCUT2D eigenvalue weighted by Gasteiger charge is 2.26. The molecule has 2 aromatic carbocycles. The van der Waals surface area contributed by atoms with Crippen LogP contribution in [0.1, 0.15) is 0 Å². The van der Waals surface area contributed by atoms with Crippen LogP contribution in [0.2, 0.25) is 0 Å². The Bertz CT molecular complexity index is 1130. The standard InChI is InChI=1S/C10H9NO9S3/c11-10-8(23(18,19)20)2-1-5-6(21(12,13)14)3-4-7(9(5)10)22(15,16)17/h1-4H,11H2,(H,12,13,14)(H,15,16,17)(H,18,19,20). The molecule has 0 fully saturated rings. The van der Waals surface area contributed by atoms with Gasteiger partial charge >= 0.3 is 0 Å². The van der Waals surface area contributed by atoms with Crippen LogP contribution >= 0.6 is 0 Å². The Kier molecular flexibility index (Phi) is 3.91. The quantitative estimate of drug-likeness (QED) is 0.419. The van der Waals surface area contributed by atoms with Crippen molar-refractivity contribution in [1.29, 1.82) is 0 Å². The third-order valence-electron chi connectivity index (χ3n) is 2.94. The maximum atomic E-state index is 11.4. The van der Waals surface area contributed by atoms with Crippen molar-refractivity contribution in [3.05, 3.63) is 24.3 Å². The zero-order valence-electron chi connectivity index (χ0n) is 10.9. The molecule has 0 saturated heterocycles. The lowest BCUT2D eigenvalue weighted by Crippen LogP contribution is -2.09. The van der Waals surface area contributed by atoms with E-state index in [2.05, 4.69) is 0 Å². The smallest absolute Gasteiger partial charge is 0.296 e. The van der Waals surface area contributed by atoms with E-state index in [0.717, 1.165) is 12.1 Å². The van der Waals surface area contributed by atoms with E-state index >= 15 is 0 Å². The van der Waals surface area contributed by atoms with Crippen LogP contribution in [0.5, 0.6) is 0 Å². The summed E-state index contributed by atoms with van der Waals surface area (Å²) in [5.41, 5.74) is 4.72. The van der Waals surface area contributed by atoms with Crippen LogP contribution < -0.4 is 5.73 Å². The minimum Gasteiger partial charge on any atom is -0.397 e. The van der Waals surface area contributed by atoms with Crippen molar-refractivity contribution < 1.29 is 38.9 Å². The van der Waals surface area contributed by atoms with Gasteiger partial charge in [0, 0.05) is 10.8 Å². The molecule has 0 unspecified atom stereocenters. The van der Waals surface area contributed by atoms with E-state index in [0.29, 0.717) is 12.1 Å². The van der Waals surface area contributed by atoms with Gasteiger partial charge < -0.3 is 5.73 Å². The van der Waals surface area contributed by atoms with E-state index in [1.54, 1.807) is 0 Å². The van der Waals surface area contributed by atoms with Gasteiger partial charge in [-0.25, -0.2) is 0 Å². The Hall–Kier alpha value is -1.77. The summed E-state index contributed by atoms with van der Waals surface area (Å²) >= 11 is 0. The molecule has 0 aliphatic rings. The maximum absolute atomic E-state index is 11.4. The third kappa shape index (κ3) is 3.15. The van der Waals surface area contributed by atoms with Crippen molar-refractivity contribution in [2.45, 2.75) is 14.7 Å². The zero-order valence-corrected chi connectivity index (χ0v) is 13.4. The molecule has 0 bridgehead atoms. The number of anilines is 1. The fourth-order valence-corrected chi connectivity index (χ4v) is 4.09. The van der Waals surface area contributed by atoms with E-state index in [-0.39, 0.29) is 0 Å². The predicted octanol–water partition coefficient (Wildman–Crippen LogP) is 0.162. The molecular formula is C10H9NO9S3. The number of hydrogen-bond acceptors (Lipinski definition) is 7. The number of nitrogens with two attached hydrogens (primary N) is 1. The van der Waals surface area contributed by atoms with Crippen molar-refractivity contribution >= 4 is 46.8 Å². The molecule has 2 rings (SSSR count). The number of rotatable bonds is 3. The summed E-state index contributed by atoms with van der Waals surface area (Å²) in [4.78, 5) is -2.53. The third-order valence-corrected chi connectivity index (χ3v) is 5.66. The van der Waals surface area contributed by atoms with E-state index in [1.807, 2.05) is 0 Å². The lowest BCUT2D eigenvalue weighted by molar-refractivity contribution is 0.479. The first-order valence-electron chi connectivity index (χ1n) is 5.52. The maximum Gasteiger partial charge on any atom is 0.296 e. The Morgan fingerprint density at radius 3 is 1.48 bits per heavy atom. The van der Waals surface area contributed by atoms with Crippen LogP contribution in [0.25, 0.3) is 10.8 Å². The van der Waals surface area contributed by atoms with Gasteiger partial charge in [-0.2, -0.15) is 25.3 Å². The molecule has 0 aliphatic carbocycles. The molecule has 126 valence electrons. The number of benzene rings is 2. The predicted molar refractivity (Wildman–Crippen MR) is 77.8 cm³/mol. The van der Waals surface area contributed by atoms with Crippen LogP contribution in [0, 0.1) is 0 Å². The summed E-state index contributed by atoms with van der Waals surface area (Å²) in [6.45, 7) is 0. The molecule has 5 N–H and O–H groups in total. The summed E-state index contributed by atoms with van der Waals surface area (Å²) in [5.74, 6) is 0. The van der Waals surface area contributed by atoms with Crippen LogP contribution in [0.3, 0.4) is 0 Å². The molecule has 0 spiro atoms. The van der Waals surface area contributed by atoms with E-state index in [4.69, 9.17) is 14.8 Å². The molecule has 0 aromatic heterocycles. The highest BCUT2D eigenvalue weighted by atomic mass is 32.2. The second kappa shape index (κ2) is 5.12. The van der Waals surface area contributed by atoms with Gasteiger partial charge in [-0.1, -0.05) is 6.07 Å². The fraction of sp³-hybridized carbons (Fsp3) is 0. The second-order valence-corrected chi connectivity index (χ2v) is 8.56. The minimum absolute atomic E-state index is 0.451. The summed E-state index contributed by atoms with van der Waals surface area (Å²) in [6.07, 6.45) is 0. The summed E-state index contributed by atoms with van der Waals surface area (Å²) in [6, 6.07) is 2.89. The van der Waals surface area contributed by atoms with Gasteiger partial charge in [0.05, 0.1) is 5.69 Å². The van der Waals surface area contributed by atoms with Gasteiger partial charge in [-0.3, -0.25) is 13.7 Å². The molecule has 0 radical (unpaired) electrons. The summed E-state index contributed by atoms with van der Waals surface area (Å²) in [7, 11) is -14.6. The van der Waals surface area contributed by atoms with Crippen LogP contribution in [0.15, 0.2) is 39.0 Å². The van der Waals surface area contributed by atoms with Gasteiger partial charge in [0.2, 0.25) is 0 Å². The Labute approximate surface area is 130 Å². The molecule has 10 nitrogen and oxygen atoms in total. The van der Waals surface area contributed by atoms with Gasteiger partial charge in [0.1, 0.15) is 14.7 Å². The SMILES string of the molecule is Nc1c(S(=O)(=O)O)ccc2c(S(=O)(=O)O)ccc(S(=O)(=O)O)c12. The number of fused-ring (bicyclic) bond motifs is 1. The monoisotopic (exact) mass is 383 g/mol. The number of nitrogen functional groups attached to an aromatic ring is 1. The van der Waals surface area contributed by atoms with Crippen molar-refractivity contribution in [2.24, 2.45) is 0 Å². The highest BCUT2D eigenvalue weighted by molar-refractivity contribution is 7.87. The first-order valence-corrected chi connectivity index (χ1v) is 9.84. The lowest BCUT2D eigenvalue weighted by Gasteiger charge is -2.12. The minimum atomic E-state index is -4.91. The molecule has 0 amide bonds. The Morgan fingerprint density at radius 2 is 1.04 bits per heavy atom. The second-order valence-electron chi connectivity index (χ2n) is 4.39. The van der Waals surface area contributed by atoms with Gasteiger partial charge in [0.15, 0.2) is 0 Å². The van der Waals surface area contributed by atoms with Crippen LogP contribution in [0.4, 0.5) is 5.69 Å². The molecule has 0 aliphatic heterocycles. The van der Waals surface area contributed by atoms with E-state index < -0.39 is 61.5 Å². The lowest BCUT2D eigenvalue weighted by atomic mass is 10.1. The average molecular weight is 383 g/mol. The Morgan fingerprint density at radius 1 is 0.652 bits per heavy atom. The van der Waals surface area contributed by atoms with Crippen LogP contribution in [-0.2, 0) is 30.4 Å². The first kappa shape index (κ1) is 17.6.